The van der Waals surface area contributed by atoms with Crippen LogP contribution in [0, 0.1) is 0 Å². The van der Waals surface area contributed by atoms with Gasteiger partial charge < -0.3 is 14.6 Å². The lowest BCUT2D eigenvalue weighted by Crippen LogP contribution is -2.46. The molecule has 1 aliphatic heterocycles. The Kier molecular flexibility index (Phi) is 5.21. The van der Waals surface area contributed by atoms with Crippen molar-refractivity contribution in [1.29, 1.82) is 0 Å². The van der Waals surface area contributed by atoms with Crippen LogP contribution in [0.4, 0.5) is 0 Å². The molecule has 7 heteroatoms. The van der Waals surface area contributed by atoms with E-state index in [1.54, 1.807) is 23.2 Å². The first-order valence-corrected chi connectivity index (χ1v) is 8.81. The van der Waals surface area contributed by atoms with Gasteiger partial charge in [-0.2, -0.15) is 5.10 Å². The molecule has 0 aromatic carbocycles. The van der Waals surface area contributed by atoms with Gasteiger partial charge in [-0.15, -0.1) is 0 Å². The molecule has 0 saturated carbocycles. The Bertz CT molecular complexity index is 723. The highest BCUT2D eigenvalue weighted by Crippen LogP contribution is 2.23. The molecule has 2 amide bonds. The third-order valence-electron chi connectivity index (χ3n) is 4.65. The summed E-state index contributed by atoms with van der Waals surface area (Å²) in [5.74, 6) is -0.0704. The van der Waals surface area contributed by atoms with Crippen LogP contribution in [-0.2, 0) is 11.3 Å². The monoisotopic (exact) mass is 344 g/mol. The number of nitrogens with zero attached hydrogens (tertiary/aromatic N) is 3. The number of furan rings is 1. The molecule has 1 saturated heterocycles. The fraction of sp³-hybridized carbons (Fsp3) is 0.500. The predicted molar refractivity (Wildman–Crippen MR) is 91.8 cm³/mol. The number of rotatable bonds is 6. The van der Waals surface area contributed by atoms with Crippen LogP contribution >= 0.6 is 0 Å². The van der Waals surface area contributed by atoms with E-state index in [2.05, 4.69) is 10.4 Å². The highest BCUT2D eigenvalue weighted by molar-refractivity contribution is 5.96. The lowest BCUT2D eigenvalue weighted by molar-refractivity contribution is -0.125. The quantitative estimate of drug-likeness (QED) is 0.872. The second-order valence-corrected chi connectivity index (χ2v) is 6.23. The zero-order valence-corrected chi connectivity index (χ0v) is 14.6. The number of likely N-dealkylation sites (tertiary alicyclic amines) is 1. The van der Waals surface area contributed by atoms with Crippen molar-refractivity contribution in [3.8, 4) is 0 Å². The lowest BCUT2D eigenvalue weighted by Gasteiger charge is -2.25. The normalized spacial score (nSPS) is 18.3. The minimum absolute atomic E-state index is 0.103. The molecule has 134 valence electrons. The van der Waals surface area contributed by atoms with Crippen LogP contribution in [0.3, 0.4) is 0 Å². The summed E-state index contributed by atoms with van der Waals surface area (Å²) >= 11 is 0. The van der Waals surface area contributed by atoms with Crippen LogP contribution in [0.1, 0.15) is 55.3 Å². The molecular formula is C18H24N4O3. The molecule has 0 radical (unpaired) electrons. The van der Waals surface area contributed by atoms with Gasteiger partial charge in [0.05, 0.1) is 18.5 Å². The van der Waals surface area contributed by atoms with Gasteiger partial charge in [0.25, 0.3) is 5.91 Å². The number of amides is 2. The molecule has 2 atom stereocenters. The molecule has 0 bridgehead atoms. The van der Waals surface area contributed by atoms with Crippen molar-refractivity contribution < 1.29 is 14.0 Å². The fourth-order valence-corrected chi connectivity index (χ4v) is 3.25. The zero-order valence-electron chi connectivity index (χ0n) is 14.6. The van der Waals surface area contributed by atoms with Crippen LogP contribution < -0.4 is 5.32 Å². The Hall–Kier alpha value is -2.57. The van der Waals surface area contributed by atoms with Gasteiger partial charge in [-0.05, 0) is 38.3 Å². The van der Waals surface area contributed by atoms with Gasteiger partial charge in [-0.1, -0.05) is 6.92 Å². The molecule has 0 unspecified atom stereocenters. The SMILES string of the molecule is CC[C@H](NC(=O)[C@H]1CCCN1C(=O)c1ccco1)c1cnn(CC)c1. The maximum absolute atomic E-state index is 12.8. The zero-order chi connectivity index (χ0) is 17.8. The highest BCUT2D eigenvalue weighted by atomic mass is 16.3. The molecule has 1 aliphatic rings. The third-order valence-corrected chi connectivity index (χ3v) is 4.65. The summed E-state index contributed by atoms with van der Waals surface area (Å²) in [4.78, 5) is 26.9. The van der Waals surface area contributed by atoms with Gasteiger partial charge in [-0.25, -0.2) is 0 Å². The Labute approximate surface area is 147 Å². The van der Waals surface area contributed by atoms with Crippen LogP contribution in [0.2, 0.25) is 0 Å². The van der Waals surface area contributed by atoms with E-state index in [-0.39, 0.29) is 23.6 Å². The average molecular weight is 344 g/mol. The van der Waals surface area contributed by atoms with Crippen molar-refractivity contribution in [3.05, 3.63) is 42.1 Å². The average Bonchev–Trinajstić information content (AvgIpc) is 3.39. The summed E-state index contributed by atoms with van der Waals surface area (Å²) in [6.07, 6.45) is 7.46. The van der Waals surface area contributed by atoms with Crippen LogP contribution in [-0.4, -0.2) is 39.1 Å². The molecule has 25 heavy (non-hydrogen) atoms. The van der Waals surface area contributed by atoms with Gasteiger partial charge >= 0.3 is 0 Å². The first kappa shape index (κ1) is 17.3. The van der Waals surface area contributed by atoms with E-state index in [9.17, 15) is 9.59 Å². The molecular weight excluding hydrogens is 320 g/mol. The second kappa shape index (κ2) is 7.55. The molecule has 2 aromatic heterocycles. The van der Waals surface area contributed by atoms with Gasteiger partial charge in [0.15, 0.2) is 5.76 Å². The van der Waals surface area contributed by atoms with Gasteiger partial charge in [0.2, 0.25) is 5.91 Å². The Balaban J connectivity index is 1.69. The molecule has 1 fully saturated rings. The summed E-state index contributed by atoms with van der Waals surface area (Å²) in [6.45, 7) is 5.40. The maximum atomic E-state index is 12.8. The van der Waals surface area contributed by atoms with E-state index in [4.69, 9.17) is 4.42 Å². The molecule has 7 nitrogen and oxygen atoms in total. The van der Waals surface area contributed by atoms with Crippen molar-refractivity contribution in [1.82, 2.24) is 20.0 Å². The topological polar surface area (TPSA) is 80.4 Å². The largest absolute Gasteiger partial charge is 0.459 e. The van der Waals surface area contributed by atoms with Crippen molar-refractivity contribution in [3.63, 3.8) is 0 Å². The third kappa shape index (κ3) is 3.60. The van der Waals surface area contributed by atoms with E-state index < -0.39 is 6.04 Å². The van der Waals surface area contributed by atoms with E-state index in [1.165, 1.54) is 6.26 Å². The summed E-state index contributed by atoms with van der Waals surface area (Å²) in [6, 6.07) is 2.75. The number of aryl methyl sites for hydroxylation is 1. The first-order chi connectivity index (χ1) is 12.1. The number of hydrogen-bond acceptors (Lipinski definition) is 4. The maximum Gasteiger partial charge on any atom is 0.290 e. The molecule has 0 aliphatic carbocycles. The van der Waals surface area contributed by atoms with Crippen LogP contribution in [0.25, 0.3) is 0 Å². The Morgan fingerprint density at radius 2 is 2.28 bits per heavy atom. The van der Waals surface area contributed by atoms with E-state index in [0.717, 1.165) is 24.9 Å². The van der Waals surface area contributed by atoms with E-state index >= 15 is 0 Å². The summed E-state index contributed by atoms with van der Waals surface area (Å²) in [7, 11) is 0. The van der Waals surface area contributed by atoms with Crippen LogP contribution in [0.15, 0.2) is 35.2 Å². The summed E-state index contributed by atoms with van der Waals surface area (Å²) in [5.41, 5.74) is 0.986. The number of aromatic nitrogens is 2. The minimum Gasteiger partial charge on any atom is -0.459 e. The summed E-state index contributed by atoms with van der Waals surface area (Å²) in [5, 5.41) is 7.35. The second-order valence-electron chi connectivity index (χ2n) is 6.23. The summed E-state index contributed by atoms with van der Waals surface area (Å²) < 4.78 is 7.03. The number of carbonyl (C=O) groups excluding carboxylic acids is 2. The van der Waals surface area contributed by atoms with E-state index in [0.29, 0.717) is 13.0 Å². The Morgan fingerprint density at radius 1 is 1.44 bits per heavy atom. The number of hydrogen-bond donors (Lipinski definition) is 1. The van der Waals surface area contributed by atoms with Crippen molar-refractivity contribution >= 4 is 11.8 Å². The molecule has 2 aromatic rings. The number of carbonyl (C=O) groups is 2. The van der Waals surface area contributed by atoms with Crippen molar-refractivity contribution in [2.45, 2.75) is 51.7 Å². The predicted octanol–water partition coefficient (Wildman–Crippen LogP) is 2.37. The molecule has 0 spiro atoms. The van der Waals surface area contributed by atoms with Gasteiger partial charge in [-0.3, -0.25) is 14.3 Å². The Morgan fingerprint density at radius 3 is 2.92 bits per heavy atom. The minimum atomic E-state index is -0.451. The fourth-order valence-electron chi connectivity index (χ4n) is 3.25. The van der Waals surface area contributed by atoms with Crippen molar-refractivity contribution in [2.75, 3.05) is 6.54 Å². The van der Waals surface area contributed by atoms with Crippen molar-refractivity contribution in [2.24, 2.45) is 0 Å². The van der Waals surface area contributed by atoms with Gasteiger partial charge in [0.1, 0.15) is 6.04 Å². The highest BCUT2D eigenvalue weighted by Gasteiger charge is 2.36. The van der Waals surface area contributed by atoms with E-state index in [1.807, 2.05) is 24.7 Å². The molecule has 1 N–H and O–H groups in total. The van der Waals surface area contributed by atoms with Crippen LogP contribution in [0.5, 0.6) is 0 Å². The standard InChI is InChI=1S/C18H24N4O3/c1-3-14(13-11-19-21(4-2)12-13)20-17(23)15-7-5-9-22(15)18(24)16-8-6-10-25-16/h6,8,10-12,14-15H,3-5,7,9H2,1-2H3,(H,20,23)/t14-,15+/m0/s1. The molecule has 3 heterocycles. The first-order valence-electron chi connectivity index (χ1n) is 8.81. The van der Waals surface area contributed by atoms with Gasteiger partial charge in [0, 0.05) is 24.8 Å². The lowest BCUT2D eigenvalue weighted by atomic mass is 10.1. The number of nitrogens with one attached hydrogen (secondary N) is 1. The smallest absolute Gasteiger partial charge is 0.290 e. The molecule has 3 rings (SSSR count).